The third-order valence-electron chi connectivity index (χ3n) is 5.38. The zero-order valence-corrected chi connectivity index (χ0v) is 18.5. The maximum absolute atomic E-state index is 14.1. The molecule has 0 bridgehead atoms. The van der Waals surface area contributed by atoms with E-state index in [2.05, 4.69) is 0 Å². The fraction of sp³-hybridized carbons (Fsp3) is 0.435. The molecule has 0 saturated heterocycles. The summed E-state index contributed by atoms with van der Waals surface area (Å²) in [5.74, 6) is -1.24. The molecule has 1 aromatic carbocycles. The molecule has 0 atom stereocenters. The molecule has 0 radical (unpaired) electrons. The number of aromatic hydroxyl groups is 1. The number of nitrogens with zero attached hydrogens (tertiary/aromatic N) is 4. The lowest BCUT2D eigenvalue weighted by molar-refractivity contribution is -0.130. The molecule has 0 unspecified atom stereocenters. The predicted molar refractivity (Wildman–Crippen MR) is 117 cm³/mol. The Morgan fingerprint density at radius 3 is 2.61 bits per heavy atom. The van der Waals surface area contributed by atoms with Crippen LogP contribution in [0.4, 0.5) is 4.39 Å². The van der Waals surface area contributed by atoms with Crippen LogP contribution < -0.4 is 0 Å². The summed E-state index contributed by atoms with van der Waals surface area (Å²) >= 11 is 0. The largest absolute Gasteiger partial charge is 0.505 e. The van der Waals surface area contributed by atoms with E-state index in [1.807, 2.05) is 26.8 Å². The van der Waals surface area contributed by atoms with Gasteiger partial charge in [0.05, 0.1) is 18.7 Å². The Hall–Kier alpha value is -3.00. The van der Waals surface area contributed by atoms with E-state index in [1.54, 1.807) is 22.6 Å². The van der Waals surface area contributed by atoms with Crippen molar-refractivity contribution in [2.75, 3.05) is 26.8 Å². The summed E-state index contributed by atoms with van der Waals surface area (Å²) in [6.07, 6.45) is 1.57. The summed E-state index contributed by atoms with van der Waals surface area (Å²) in [5, 5.41) is 14.3. The Kier molecular flexibility index (Phi) is 7.22. The van der Waals surface area contributed by atoms with Crippen LogP contribution in [-0.4, -0.2) is 57.3 Å². The second-order valence-corrected chi connectivity index (χ2v) is 7.32. The molecule has 166 valence electrons. The van der Waals surface area contributed by atoms with Crippen LogP contribution in [0.3, 0.4) is 0 Å². The molecule has 0 aliphatic heterocycles. The molecule has 3 aromatic rings. The first-order valence-corrected chi connectivity index (χ1v) is 10.6. The van der Waals surface area contributed by atoms with Crippen LogP contribution in [-0.2, 0) is 28.8 Å². The number of phenols is 1. The minimum Gasteiger partial charge on any atom is -0.505 e. The van der Waals surface area contributed by atoms with Gasteiger partial charge in [-0.05, 0) is 44.0 Å². The van der Waals surface area contributed by atoms with Crippen molar-refractivity contribution < 1.29 is 19.0 Å². The van der Waals surface area contributed by atoms with Crippen molar-refractivity contribution in [1.82, 2.24) is 19.5 Å². The molecule has 2 aromatic heterocycles. The number of carbonyl (C=O) groups excluding carboxylic acids is 1. The van der Waals surface area contributed by atoms with E-state index in [0.29, 0.717) is 42.2 Å². The lowest BCUT2D eigenvalue weighted by Crippen LogP contribution is -2.34. The summed E-state index contributed by atoms with van der Waals surface area (Å²) in [7, 11) is 1.60. The van der Waals surface area contributed by atoms with E-state index in [1.165, 1.54) is 12.1 Å². The number of fused-ring (bicyclic) bond motifs is 1. The highest BCUT2D eigenvalue weighted by molar-refractivity contribution is 5.84. The van der Waals surface area contributed by atoms with Crippen LogP contribution >= 0.6 is 0 Å². The van der Waals surface area contributed by atoms with Crippen molar-refractivity contribution >= 4 is 11.6 Å². The highest BCUT2D eigenvalue weighted by Gasteiger charge is 2.23. The van der Waals surface area contributed by atoms with Crippen molar-refractivity contribution in [2.24, 2.45) is 0 Å². The summed E-state index contributed by atoms with van der Waals surface area (Å²) in [6, 6.07) is 6.13. The number of carbonyl (C=O) groups is 1. The SMILES string of the molecule is CCc1cc(CC)n2nc(-c3ccc(O)c(F)c3)c(CC(=O)N(CC)CCOC)c2n1. The van der Waals surface area contributed by atoms with Gasteiger partial charge in [-0.2, -0.15) is 5.10 Å². The standard InChI is InChI=1S/C23H29FN4O3/c1-5-16-13-17(6-2)28-23(25-16)18(14-21(30)27(7-3)10-11-31-4)22(26-28)15-8-9-20(29)19(24)12-15/h8-9,12-13,29H,5-7,10-11,14H2,1-4H3. The van der Waals surface area contributed by atoms with Gasteiger partial charge in [0.2, 0.25) is 5.91 Å². The number of hydrogen-bond donors (Lipinski definition) is 1. The smallest absolute Gasteiger partial charge is 0.227 e. The number of aromatic nitrogens is 3. The Morgan fingerprint density at radius 2 is 2.00 bits per heavy atom. The van der Waals surface area contributed by atoms with Gasteiger partial charge in [0.15, 0.2) is 17.2 Å². The summed E-state index contributed by atoms with van der Waals surface area (Å²) in [6.45, 7) is 7.47. The van der Waals surface area contributed by atoms with E-state index in [4.69, 9.17) is 14.8 Å². The number of halogens is 1. The van der Waals surface area contributed by atoms with Gasteiger partial charge in [-0.1, -0.05) is 13.8 Å². The molecule has 8 heteroatoms. The normalized spacial score (nSPS) is 11.3. The number of phenolic OH excluding ortho intramolecular Hbond substituents is 1. The number of benzene rings is 1. The number of methoxy groups -OCH3 is 1. The van der Waals surface area contributed by atoms with Crippen molar-refractivity contribution in [3.8, 4) is 17.0 Å². The molecule has 0 saturated carbocycles. The Balaban J connectivity index is 2.17. The van der Waals surface area contributed by atoms with Crippen molar-refractivity contribution in [2.45, 2.75) is 40.0 Å². The first-order valence-electron chi connectivity index (χ1n) is 10.6. The maximum atomic E-state index is 14.1. The third-order valence-corrected chi connectivity index (χ3v) is 5.38. The molecular weight excluding hydrogens is 399 g/mol. The molecule has 3 rings (SSSR count). The molecular formula is C23H29FN4O3. The maximum Gasteiger partial charge on any atom is 0.227 e. The molecule has 7 nitrogen and oxygen atoms in total. The van der Waals surface area contributed by atoms with Crippen molar-refractivity contribution in [3.05, 3.63) is 47.0 Å². The van der Waals surface area contributed by atoms with Crippen LogP contribution in [0.15, 0.2) is 24.3 Å². The summed E-state index contributed by atoms with van der Waals surface area (Å²) in [4.78, 5) is 19.6. The fourth-order valence-electron chi connectivity index (χ4n) is 3.58. The van der Waals surface area contributed by atoms with E-state index >= 15 is 0 Å². The molecule has 0 aliphatic rings. The average Bonchev–Trinajstić information content (AvgIpc) is 3.13. The predicted octanol–water partition coefficient (Wildman–Crippen LogP) is 3.40. The van der Waals surface area contributed by atoms with Gasteiger partial charge in [0, 0.05) is 42.7 Å². The number of rotatable bonds is 9. The van der Waals surface area contributed by atoms with Crippen LogP contribution in [0.5, 0.6) is 5.75 Å². The van der Waals surface area contributed by atoms with Crippen LogP contribution in [0.1, 0.15) is 37.7 Å². The van der Waals surface area contributed by atoms with E-state index in [9.17, 15) is 14.3 Å². The van der Waals surface area contributed by atoms with E-state index in [-0.39, 0.29) is 12.3 Å². The topological polar surface area (TPSA) is 80.0 Å². The Morgan fingerprint density at radius 1 is 1.23 bits per heavy atom. The molecule has 0 fully saturated rings. The van der Waals surface area contributed by atoms with Gasteiger partial charge < -0.3 is 14.7 Å². The second-order valence-electron chi connectivity index (χ2n) is 7.32. The Labute approximate surface area is 181 Å². The highest BCUT2D eigenvalue weighted by Crippen LogP contribution is 2.30. The van der Waals surface area contributed by atoms with Gasteiger partial charge >= 0.3 is 0 Å². The molecule has 1 amide bonds. The number of hydrogen-bond acceptors (Lipinski definition) is 5. The van der Waals surface area contributed by atoms with Crippen LogP contribution in [0, 0.1) is 5.82 Å². The lowest BCUT2D eigenvalue weighted by Gasteiger charge is -2.20. The average molecular weight is 429 g/mol. The Bertz CT molecular complexity index is 1080. The molecule has 0 spiro atoms. The van der Waals surface area contributed by atoms with E-state index < -0.39 is 11.6 Å². The number of likely N-dealkylation sites (N-methyl/N-ethyl adjacent to an activating group) is 1. The monoisotopic (exact) mass is 428 g/mol. The minimum atomic E-state index is -0.736. The van der Waals surface area contributed by atoms with Gasteiger partial charge in [0.25, 0.3) is 0 Å². The lowest BCUT2D eigenvalue weighted by atomic mass is 10.0. The fourth-order valence-corrected chi connectivity index (χ4v) is 3.58. The number of aryl methyl sites for hydroxylation is 2. The third kappa shape index (κ3) is 4.69. The number of amides is 1. The number of ether oxygens (including phenoxy) is 1. The summed E-state index contributed by atoms with van der Waals surface area (Å²) < 4.78 is 21.0. The quantitative estimate of drug-likeness (QED) is 0.565. The molecule has 0 aliphatic carbocycles. The molecule has 31 heavy (non-hydrogen) atoms. The molecule has 2 heterocycles. The highest BCUT2D eigenvalue weighted by atomic mass is 19.1. The van der Waals surface area contributed by atoms with E-state index in [0.717, 1.165) is 24.2 Å². The van der Waals surface area contributed by atoms with Crippen molar-refractivity contribution in [3.63, 3.8) is 0 Å². The molecule has 1 N–H and O–H groups in total. The van der Waals surface area contributed by atoms with Gasteiger partial charge in [-0.15, -0.1) is 0 Å². The second kappa shape index (κ2) is 9.87. The van der Waals surface area contributed by atoms with Crippen molar-refractivity contribution in [1.29, 1.82) is 0 Å². The zero-order chi connectivity index (χ0) is 22.5. The zero-order valence-electron chi connectivity index (χ0n) is 18.5. The van der Waals surface area contributed by atoms with Gasteiger partial charge in [0.1, 0.15) is 0 Å². The first-order chi connectivity index (χ1) is 14.9. The van der Waals surface area contributed by atoms with Gasteiger partial charge in [-0.25, -0.2) is 13.9 Å². The minimum absolute atomic E-state index is 0.0725. The van der Waals surface area contributed by atoms with Gasteiger partial charge in [-0.3, -0.25) is 4.79 Å². The van der Waals surface area contributed by atoms with Crippen LogP contribution in [0.2, 0.25) is 0 Å². The summed E-state index contributed by atoms with van der Waals surface area (Å²) in [5.41, 5.74) is 4.11. The first kappa shape index (κ1) is 22.7. The van der Waals surface area contributed by atoms with Crippen LogP contribution in [0.25, 0.3) is 16.9 Å².